The molecule has 0 heterocycles. The summed E-state index contributed by atoms with van der Waals surface area (Å²) in [5.74, 6) is -1.07. The van der Waals surface area contributed by atoms with Gasteiger partial charge in [0.25, 0.3) is 0 Å². The summed E-state index contributed by atoms with van der Waals surface area (Å²) in [5, 5.41) is 6.34. The zero-order valence-corrected chi connectivity index (χ0v) is 20.9. The first kappa shape index (κ1) is 26.9. The molecular formula is C28H29N3O6. The number of carbonyl (C=O) groups excluding carboxylic acids is 3. The maximum atomic E-state index is 12.6. The van der Waals surface area contributed by atoms with Gasteiger partial charge in [0, 0.05) is 5.69 Å². The molecule has 9 nitrogen and oxygen atoms in total. The number of rotatable bonds is 10. The first-order valence-corrected chi connectivity index (χ1v) is 11.8. The van der Waals surface area contributed by atoms with Gasteiger partial charge >= 0.3 is 17.8 Å². The second-order valence-electron chi connectivity index (χ2n) is 7.92. The summed E-state index contributed by atoms with van der Waals surface area (Å²) < 4.78 is 16.7. The van der Waals surface area contributed by atoms with Crippen LogP contribution in [0.4, 0.5) is 5.69 Å². The minimum atomic E-state index is -0.917. The minimum Gasteiger partial charge on any atom is -0.494 e. The van der Waals surface area contributed by atoms with E-state index in [4.69, 9.17) is 14.2 Å². The molecule has 3 rings (SSSR count). The molecule has 192 valence electrons. The lowest BCUT2D eigenvalue weighted by Gasteiger charge is -2.12. The molecular weight excluding hydrogens is 474 g/mol. The van der Waals surface area contributed by atoms with Gasteiger partial charge in [0.1, 0.15) is 5.75 Å². The van der Waals surface area contributed by atoms with E-state index < -0.39 is 17.8 Å². The highest BCUT2D eigenvalue weighted by Crippen LogP contribution is 2.29. The van der Waals surface area contributed by atoms with E-state index in [9.17, 15) is 14.4 Å². The van der Waals surface area contributed by atoms with Gasteiger partial charge in [-0.1, -0.05) is 19.1 Å². The highest BCUT2D eigenvalue weighted by atomic mass is 16.6. The Morgan fingerprint density at radius 3 is 2.38 bits per heavy atom. The van der Waals surface area contributed by atoms with Crippen LogP contribution >= 0.6 is 0 Å². The summed E-state index contributed by atoms with van der Waals surface area (Å²) in [5.41, 5.74) is 4.56. The molecule has 2 N–H and O–H groups in total. The highest BCUT2D eigenvalue weighted by molar-refractivity contribution is 6.39. The summed E-state index contributed by atoms with van der Waals surface area (Å²) >= 11 is 0. The SMILES string of the molecule is CCCOc1ccc(C(=O)Oc2ccc(/C=N/NC(=O)C(=O)Nc3cccc(C)c3)cc2OCC)cc1. The molecule has 3 aromatic rings. The van der Waals surface area contributed by atoms with E-state index in [0.717, 1.165) is 12.0 Å². The van der Waals surface area contributed by atoms with Crippen LogP contribution in [0.15, 0.2) is 71.8 Å². The zero-order valence-electron chi connectivity index (χ0n) is 20.9. The lowest BCUT2D eigenvalue weighted by molar-refractivity contribution is -0.136. The number of hydrazone groups is 1. The van der Waals surface area contributed by atoms with Gasteiger partial charge in [-0.3, -0.25) is 9.59 Å². The second kappa shape index (κ2) is 13.4. The predicted molar refractivity (Wildman–Crippen MR) is 140 cm³/mol. The molecule has 0 spiro atoms. The van der Waals surface area contributed by atoms with Gasteiger partial charge in [-0.2, -0.15) is 5.10 Å². The third kappa shape index (κ3) is 8.21. The van der Waals surface area contributed by atoms with E-state index in [1.165, 1.54) is 6.21 Å². The third-order valence-electron chi connectivity index (χ3n) is 4.90. The Morgan fingerprint density at radius 1 is 0.892 bits per heavy atom. The van der Waals surface area contributed by atoms with Crippen molar-refractivity contribution in [3.63, 3.8) is 0 Å². The Labute approximate surface area is 215 Å². The van der Waals surface area contributed by atoms with Crippen LogP contribution in [0.25, 0.3) is 0 Å². The van der Waals surface area contributed by atoms with Crippen molar-refractivity contribution in [1.82, 2.24) is 5.43 Å². The highest BCUT2D eigenvalue weighted by Gasteiger charge is 2.15. The molecule has 3 aromatic carbocycles. The Balaban J connectivity index is 1.61. The molecule has 37 heavy (non-hydrogen) atoms. The molecule has 0 unspecified atom stereocenters. The van der Waals surface area contributed by atoms with E-state index in [1.54, 1.807) is 67.6 Å². The standard InChI is InChI=1S/C28H29N3O6/c1-4-15-36-23-12-10-21(11-13-23)28(34)37-24-14-9-20(17-25(24)35-5-2)18-29-31-27(33)26(32)30-22-8-6-7-19(3)16-22/h6-14,16-18H,4-5,15H2,1-3H3,(H,30,32)(H,31,33)/b29-18+. The smallest absolute Gasteiger partial charge is 0.343 e. The lowest BCUT2D eigenvalue weighted by atomic mass is 10.2. The topological polar surface area (TPSA) is 115 Å². The number of aryl methyl sites for hydroxylation is 1. The number of nitrogens with one attached hydrogen (secondary N) is 2. The number of esters is 1. The zero-order chi connectivity index (χ0) is 26.6. The van der Waals surface area contributed by atoms with Gasteiger partial charge in [-0.25, -0.2) is 10.2 Å². The molecule has 2 amide bonds. The number of nitrogens with zero attached hydrogens (tertiary/aromatic N) is 1. The van der Waals surface area contributed by atoms with Crippen molar-refractivity contribution in [2.45, 2.75) is 27.2 Å². The Bertz CT molecular complexity index is 1270. The Kier molecular flexibility index (Phi) is 9.78. The summed E-state index contributed by atoms with van der Waals surface area (Å²) in [6, 6.07) is 18.6. The molecule has 0 fully saturated rings. The van der Waals surface area contributed by atoms with Crippen molar-refractivity contribution < 1.29 is 28.6 Å². The third-order valence-corrected chi connectivity index (χ3v) is 4.90. The Morgan fingerprint density at radius 2 is 1.68 bits per heavy atom. The molecule has 9 heteroatoms. The van der Waals surface area contributed by atoms with E-state index in [-0.39, 0.29) is 5.75 Å². The molecule has 0 atom stereocenters. The summed E-state index contributed by atoms with van der Waals surface area (Å²) in [4.78, 5) is 36.7. The van der Waals surface area contributed by atoms with Crippen LogP contribution in [0.5, 0.6) is 17.2 Å². The molecule has 0 aliphatic heterocycles. The van der Waals surface area contributed by atoms with Crippen molar-refractivity contribution in [2.24, 2.45) is 5.10 Å². The molecule has 0 aromatic heterocycles. The van der Waals surface area contributed by atoms with Crippen LogP contribution in [0.2, 0.25) is 0 Å². The van der Waals surface area contributed by atoms with Gasteiger partial charge < -0.3 is 19.5 Å². The first-order chi connectivity index (χ1) is 17.9. The van der Waals surface area contributed by atoms with Crippen molar-refractivity contribution in [3.8, 4) is 17.2 Å². The van der Waals surface area contributed by atoms with Gasteiger partial charge in [-0.05, 0) is 86.0 Å². The number of hydrogen-bond donors (Lipinski definition) is 2. The number of amides is 2. The summed E-state index contributed by atoms with van der Waals surface area (Å²) in [6.45, 7) is 6.63. The molecule has 0 aliphatic rings. The number of carbonyl (C=O) groups is 3. The maximum absolute atomic E-state index is 12.6. The Hall–Kier alpha value is -4.66. The fourth-order valence-electron chi connectivity index (χ4n) is 3.15. The van der Waals surface area contributed by atoms with Crippen molar-refractivity contribution in [1.29, 1.82) is 0 Å². The van der Waals surface area contributed by atoms with Crippen molar-refractivity contribution in [2.75, 3.05) is 18.5 Å². The van der Waals surface area contributed by atoms with E-state index in [0.29, 0.717) is 41.5 Å². The van der Waals surface area contributed by atoms with Crippen LogP contribution in [-0.2, 0) is 9.59 Å². The normalized spacial score (nSPS) is 10.6. The largest absolute Gasteiger partial charge is 0.494 e. The minimum absolute atomic E-state index is 0.233. The molecule has 0 saturated heterocycles. The predicted octanol–water partition coefficient (Wildman–Crippen LogP) is 4.49. The maximum Gasteiger partial charge on any atom is 0.343 e. The summed E-state index contributed by atoms with van der Waals surface area (Å²) in [7, 11) is 0. The summed E-state index contributed by atoms with van der Waals surface area (Å²) in [6.07, 6.45) is 2.24. The van der Waals surface area contributed by atoms with E-state index in [2.05, 4.69) is 15.8 Å². The number of benzene rings is 3. The van der Waals surface area contributed by atoms with Crippen molar-refractivity contribution >= 4 is 29.7 Å². The number of anilines is 1. The first-order valence-electron chi connectivity index (χ1n) is 11.8. The monoisotopic (exact) mass is 503 g/mol. The van der Waals surface area contributed by atoms with Gasteiger partial charge in [-0.15, -0.1) is 0 Å². The van der Waals surface area contributed by atoms with Crippen LogP contribution in [0, 0.1) is 6.92 Å². The van der Waals surface area contributed by atoms with Crippen LogP contribution in [0.3, 0.4) is 0 Å². The second-order valence-corrected chi connectivity index (χ2v) is 7.92. The van der Waals surface area contributed by atoms with Crippen molar-refractivity contribution in [3.05, 3.63) is 83.4 Å². The molecule has 0 radical (unpaired) electrons. The number of ether oxygens (including phenoxy) is 3. The van der Waals surface area contributed by atoms with Gasteiger partial charge in [0.05, 0.1) is 25.0 Å². The van der Waals surface area contributed by atoms with Crippen LogP contribution in [-0.4, -0.2) is 37.2 Å². The fourth-order valence-corrected chi connectivity index (χ4v) is 3.15. The van der Waals surface area contributed by atoms with Gasteiger partial charge in [0.15, 0.2) is 11.5 Å². The average Bonchev–Trinajstić information content (AvgIpc) is 2.89. The molecule has 0 aliphatic carbocycles. The van der Waals surface area contributed by atoms with Gasteiger partial charge in [0.2, 0.25) is 0 Å². The quantitative estimate of drug-likeness (QED) is 0.138. The van der Waals surface area contributed by atoms with Crippen LogP contribution < -0.4 is 25.0 Å². The lowest BCUT2D eigenvalue weighted by Crippen LogP contribution is -2.32. The van der Waals surface area contributed by atoms with E-state index in [1.807, 2.05) is 19.9 Å². The van der Waals surface area contributed by atoms with E-state index >= 15 is 0 Å². The number of hydrogen-bond acceptors (Lipinski definition) is 7. The molecule has 0 saturated carbocycles. The molecule has 0 bridgehead atoms. The average molecular weight is 504 g/mol. The fraction of sp³-hybridized carbons (Fsp3) is 0.214. The van der Waals surface area contributed by atoms with Crippen LogP contribution in [0.1, 0.15) is 41.8 Å².